The minimum Gasteiger partial charge on any atom is -0.321 e. The van der Waals surface area contributed by atoms with Gasteiger partial charge in [0.15, 0.2) is 0 Å². The number of nitrogens with two attached hydrogens (primary N) is 1. The number of non-ortho nitro benzene ring substituents is 1. The number of nitro benzene ring substituents is 1. The summed E-state index contributed by atoms with van der Waals surface area (Å²) in [5, 5.41) is 11.1. The van der Waals surface area contributed by atoms with Gasteiger partial charge in [0.1, 0.15) is 5.82 Å². The summed E-state index contributed by atoms with van der Waals surface area (Å²) in [7, 11) is 0. The van der Waals surface area contributed by atoms with Crippen LogP contribution in [0.1, 0.15) is 18.3 Å². The summed E-state index contributed by atoms with van der Waals surface area (Å²) in [6.45, 7) is 0.551. The highest BCUT2D eigenvalue weighted by Gasteiger charge is 2.23. The van der Waals surface area contributed by atoms with Crippen LogP contribution >= 0.6 is 0 Å². The van der Waals surface area contributed by atoms with Gasteiger partial charge in [-0.15, -0.1) is 0 Å². The summed E-state index contributed by atoms with van der Waals surface area (Å²) in [6.07, 6.45) is 0.667. The standard InChI is InChI=1S/C11H10N4O3/c12-8-3-4-14-10(8)13-9-5-6(15(17)18)1-2-7(9)11(14)16/h1-2,5,8H,3-4,12H2/t8-/m0/s1. The minimum absolute atomic E-state index is 0.0779. The third-order valence-electron chi connectivity index (χ3n) is 3.17. The summed E-state index contributed by atoms with van der Waals surface area (Å²) in [5.74, 6) is 0.507. The molecule has 1 aliphatic heterocycles. The Morgan fingerprint density at radius 3 is 3.00 bits per heavy atom. The Morgan fingerprint density at radius 1 is 1.50 bits per heavy atom. The van der Waals surface area contributed by atoms with Crippen molar-refractivity contribution in [1.82, 2.24) is 9.55 Å². The van der Waals surface area contributed by atoms with Crippen molar-refractivity contribution in [3.63, 3.8) is 0 Å². The molecule has 92 valence electrons. The summed E-state index contributed by atoms with van der Waals surface area (Å²) in [5.41, 5.74) is 5.92. The number of aromatic nitrogens is 2. The van der Waals surface area contributed by atoms with Crippen LogP contribution in [0.2, 0.25) is 0 Å². The molecule has 7 nitrogen and oxygen atoms in total. The molecule has 0 unspecified atom stereocenters. The fraction of sp³-hybridized carbons (Fsp3) is 0.273. The lowest BCUT2D eigenvalue weighted by Gasteiger charge is -2.06. The van der Waals surface area contributed by atoms with Gasteiger partial charge in [0.2, 0.25) is 0 Å². The second kappa shape index (κ2) is 3.61. The lowest BCUT2D eigenvalue weighted by Crippen LogP contribution is -2.22. The number of nitrogens with zero attached hydrogens (tertiary/aromatic N) is 3. The molecule has 18 heavy (non-hydrogen) atoms. The molecule has 0 bridgehead atoms. The van der Waals surface area contributed by atoms with Gasteiger partial charge in [0, 0.05) is 18.7 Å². The monoisotopic (exact) mass is 246 g/mol. The molecule has 0 saturated heterocycles. The molecule has 7 heteroatoms. The SMILES string of the molecule is N[C@H]1CCn2c1nc1cc([N+](=O)[O-])ccc1c2=O. The van der Waals surface area contributed by atoms with Crippen molar-refractivity contribution in [2.45, 2.75) is 19.0 Å². The van der Waals surface area contributed by atoms with Crippen molar-refractivity contribution < 1.29 is 4.92 Å². The third-order valence-corrected chi connectivity index (χ3v) is 3.17. The Hall–Kier alpha value is -2.28. The molecule has 1 aromatic carbocycles. The van der Waals surface area contributed by atoms with Crippen LogP contribution in [0.4, 0.5) is 5.69 Å². The third kappa shape index (κ3) is 1.41. The van der Waals surface area contributed by atoms with Crippen LogP contribution in [0, 0.1) is 10.1 Å². The molecule has 0 spiro atoms. The van der Waals surface area contributed by atoms with Crippen molar-refractivity contribution in [3.05, 3.63) is 44.5 Å². The molecular weight excluding hydrogens is 236 g/mol. The van der Waals surface area contributed by atoms with Gasteiger partial charge in [-0.1, -0.05) is 0 Å². The first-order valence-corrected chi connectivity index (χ1v) is 5.52. The van der Waals surface area contributed by atoms with Crippen molar-refractivity contribution >= 4 is 16.6 Å². The molecule has 0 aliphatic carbocycles. The number of fused-ring (bicyclic) bond motifs is 2. The Balaban J connectivity index is 2.35. The molecule has 0 radical (unpaired) electrons. The normalized spacial score (nSPS) is 17.9. The highest BCUT2D eigenvalue weighted by atomic mass is 16.6. The van der Waals surface area contributed by atoms with Crippen LogP contribution in [0.5, 0.6) is 0 Å². The molecule has 0 amide bonds. The quantitative estimate of drug-likeness (QED) is 0.589. The maximum Gasteiger partial charge on any atom is 0.271 e. The molecule has 0 fully saturated rings. The van der Waals surface area contributed by atoms with Crippen LogP contribution in [-0.2, 0) is 6.54 Å². The Labute approximate surface area is 101 Å². The summed E-state index contributed by atoms with van der Waals surface area (Å²) in [6, 6.07) is 3.79. The van der Waals surface area contributed by atoms with Gasteiger partial charge in [0.25, 0.3) is 11.2 Å². The van der Waals surface area contributed by atoms with Crippen molar-refractivity contribution in [1.29, 1.82) is 0 Å². The Morgan fingerprint density at radius 2 is 2.28 bits per heavy atom. The molecule has 2 aromatic rings. The van der Waals surface area contributed by atoms with E-state index in [0.717, 1.165) is 0 Å². The Kier molecular flexibility index (Phi) is 2.17. The van der Waals surface area contributed by atoms with Crippen LogP contribution in [0.25, 0.3) is 10.9 Å². The zero-order valence-electron chi connectivity index (χ0n) is 9.37. The molecule has 3 rings (SSSR count). The van der Waals surface area contributed by atoms with Crippen molar-refractivity contribution in [3.8, 4) is 0 Å². The van der Waals surface area contributed by atoms with Gasteiger partial charge in [-0.05, 0) is 12.5 Å². The molecule has 2 N–H and O–H groups in total. The average molecular weight is 246 g/mol. The van der Waals surface area contributed by atoms with Crippen molar-refractivity contribution in [2.75, 3.05) is 0 Å². The second-order valence-electron chi connectivity index (χ2n) is 4.28. The average Bonchev–Trinajstić information content (AvgIpc) is 2.71. The van der Waals surface area contributed by atoms with E-state index in [1.807, 2.05) is 0 Å². The van der Waals surface area contributed by atoms with Gasteiger partial charge >= 0.3 is 0 Å². The number of hydrogen-bond acceptors (Lipinski definition) is 5. The highest BCUT2D eigenvalue weighted by Crippen LogP contribution is 2.23. The van der Waals surface area contributed by atoms with E-state index in [4.69, 9.17) is 5.73 Å². The van der Waals surface area contributed by atoms with E-state index in [2.05, 4.69) is 4.98 Å². The smallest absolute Gasteiger partial charge is 0.271 e. The number of benzene rings is 1. The van der Waals surface area contributed by atoms with E-state index in [0.29, 0.717) is 29.7 Å². The number of nitro groups is 1. The van der Waals surface area contributed by atoms with Crippen LogP contribution in [0.15, 0.2) is 23.0 Å². The van der Waals surface area contributed by atoms with E-state index in [9.17, 15) is 14.9 Å². The summed E-state index contributed by atoms with van der Waals surface area (Å²) < 4.78 is 1.54. The lowest BCUT2D eigenvalue weighted by molar-refractivity contribution is -0.384. The van der Waals surface area contributed by atoms with Gasteiger partial charge in [-0.3, -0.25) is 19.5 Å². The maximum atomic E-state index is 12.1. The van der Waals surface area contributed by atoms with Gasteiger partial charge < -0.3 is 5.73 Å². The van der Waals surface area contributed by atoms with Gasteiger partial charge in [-0.2, -0.15) is 0 Å². The topological polar surface area (TPSA) is 104 Å². The number of hydrogen-bond donors (Lipinski definition) is 1. The molecule has 2 heterocycles. The largest absolute Gasteiger partial charge is 0.321 e. The predicted molar refractivity (Wildman–Crippen MR) is 64.2 cm³/mol. The predicted octanol–water partition coefficient (Wildman–Crippen LogP) is 0.708. The van der Waals surface area contributed by atoms with E-state index >= 15 is 0 Å². The lowest BCUT2D eigenvalue weighted by atomic mass is 10.2. The van der Waals surface area contributed by atoms with E-state index < -0.39 is 4.92 Å². The van der Waals surface area contributed by atoms with Gasteiger partial charge in [-0.25, -0.2) is 4.98 Å². The molecule has 0 saturated carbocycles. The van der Waals surface area contributed by atoms with Gasteiger partial charge in [0.05, 0.1) is 21.9 Å². The fourth-order valence-corrected chi connectivity index (χ4v) is 2.24. The van der Waals surface area contributed by atoms with Crippen LogP contribution in [-0.4, -0.2) is 14.5 Å². The highest BCUT2D eigenvalue weighted by molar-refractivity contribution is 5.80. The second-order valence-corrected chi connectivity index (χ2v) is 4.28. The van der Waals surface area contributed by atoms with Crippen LogP contribution < -0.4 is 11.3 Å². The number of rotatable bonds is 1. The maximum absolute atomic E-state index is 12.1. The summed E-state index contributed by atoms with van der Waals surface area (Å²) >= 11 is 0. The first-order valence-electron chi connectivity index (χ1n) is 5.52. The zero-order chi connectivity index (χ0) is 12.9. The van der Waals surface area contributed by atoms with E-state index in [-0.39, 0.29) is 17.3 Å². The first-order chi connectivity index (χ1) is 8.58. The Bertz CT molecular complexity index is 722. The zero-order valence-corrected chi connectivity index (χ0v) is 9.37. The fourth-order valence-electron chi connectivity index (χ4n) is 2.24. The molecule has 1 atom stereocenters. The van der Waals surface area contributed by atoms with Crippen molar-refractivity contribution in [2.24, 2.45) is 5.73 Å². The van der Waals surface area contributed by atoms with E-state index in [1.165, 1.54) is 18.2 Å². The minimum atomic E-state index is -0.508. The molecular formula is C11H10N4O3. The van der Waals surface area contributed by atoms with E-state index in [1.54, 1.807) is 4.57 Å². The summed E-state index contributed by atoms with van der Waals surface area (Å²) in [4.78, 5) is 26.6. The van der Waals surface area contributed by atoms with Crippen LogP contribution in [0.3, 0.4) is 0 Å². The first kappa shape index (κ1) is 10.8. The molecule has 1 aliphatic rings. The molecule has 1 aromatic heterocycles.